The quantitative estimate of drug-likeness (QED) is 0.390. The lowest BCUT2D eigenvalue weighted by Gasteiger charge is -3.00. The second-order valence-corrected chi connectivity index (χ2v) is 0.402. The monoisotopic (exact) mass is 74.0 g/mol. The number of urea groups is 1. The van der Waals surface area contributed by atoms with E-state index in [9.17, 15) is 0 Å². The van der Waals surface area contributed by atoms with Gasteiger partial charge in [-0.1, -0.05) is 0 Å². The maximum atomic E-state index is 9.00. The van der Waals surface area contributed by atoms with E-state index in [0.29, 0.717) is 0 Å². The van der Waals surface area contributed by atoms with Gasteiger partial charge >= 0.3 is 6.03 Å². The molecule has 0 aromatic carbocycles. The number of hydrogen-bond acceptors (Lipinski definition) is 1. The lowest BCUT2D eigenvalue weighted by atomic mass is 11.2. The molecule has 0 aliphatic heterocycles. The Morgan fingerprint density at radius 2 is 1.40 bits per heavy atom. The highest BCUT2D eigenvalue weighted by Gasteiger charge is 1.60. The van der Waals surface area contributed by atoms with Crippen molar-refractivity contribution in [2.45, 2.75) is 0 Å². The Morgan fingerprint density at radius 1 is 1.40 bits per heavy atom. The number of hydrogen-bond donors (Lipinski definition) is 2. The van der Waals surface area contributed by atoms with Gasteiger partial charge in [-0.2, -0.15) is 0 Å². The molecule has 4 nitrogen and oxygen atoms in total. The van der Waals surface area contributed by atoms with Crippen molar-refractivity contribution < 1.29 is 4.79 Å². The summed E-state index contributed by atoms with van der Waals surface area (Å²) in [6, 6.07) is -0.833. The molecule has 0 aliphatic rings. The molecule has 0 heterocycles. The van der Waals surface area contributed by atoms with E-state index in [1.807, 2.05) is 0 Å². The topological polar surface area (TPSA) is 99.6 Å². The van der Waals surface area contributed by atoms with E-state index in [2.05, 4.69) is 11.5 Å². The Labute approximate surface area is 29.7 Å². The molecule has 0 radical (unpaired) electrons. The summed E-state index contributed by atoms with van der Waals surface area (Å²) in [6.07, 6.45) is 0. The van der Waals surface area contributed by atoms with E-state index < -0.39 is 6.03 Å². The van der Waals surface area contributed by atoms with Gasteiger partial charge in [-0.3, -0.25) is 0 Å². The summed E-state index contributed by atoms with van der Waals surface area (Å²) in [5.41, 5.74) is 8.50. The van der Waals surface area contributed by atoms with Gasteiger partial charge in [0.05, 0.1) is 0 Å². The number of primary amides is 2. The Morgan fingerprint density at radius 3 is 1.40 bits per heavy atom. The van der Waals surface area contributed by atoms with E-state index in [-0.39, 0.29) is 6.15 Å². The second-order valence-electron chi connectivity index (χ2n) is 0.402. The van der Waals surface area contributed by atoms with Gasteiger partial charge in [-0.15, -0.1) is 0 Å². The summed E-state index contributed by atoms with van der Waals surface area (Å²) >= 11 is 0. The zero-order chi connectivity index (χ0) is 3.58. The van der Waals surface area contributed by atoms with Crippen LogP contribution in [0.15, 0.2) is 0 Å². The predicted molar refractivity (Wildman–Crippen MR) is 17.1 cm³/mol. The number of nitrogens with two attached hydrogens (primary N) is 2. The first-order chi connectivity index (χ1) is 1.73. The minimum atomic E-state index is -0.833. The van der Waals surface area contributed by atoms with Crippen molar-refractivity contribution in [3.8, 4) is 0 Å². The normalized spacial score (nSPS) is 4.80. The highest BCUT2D eigenvalue weighted by Crippen LogP contribution is 1.25. The van der Waals surface area contributed by atoms with Gasteiger partial charge in [0.2, 0.25) is 0 Å². The average molecular weight is 74.1 g/mol. The maximum absolute atomic E-state index is 9.00. The molecule has 0 bridgehead atoms. The van der Waals surface area contributed by atoms with Gasteiger partial charge < -0.3 is 17.6 Å². The lowest BCUT2D eigenvalue weighted by Crippen LogP contribution is -2.18. The van der Waals surface area contributed by atoms with Gasteiger partial charge in [-0.25, -0.2) is 4.79 Å². The molecule has 0 saturated heterocycles. The Kier molecular flexibility index (Phi) is 5.73. The summed E-state index contributed by atoms with van der Waals surface area (Å²) < 4.78 is 0. The number of carbonyl (C=O) groups is 1. The predicted octanol–water partition coefficient (Wildman–Crippen LogP) is -0.688. The van der Waals surface area contributed by atoms with Gasteiger partial charge in [0.15, 0.2) is 0 Å². The largest absolute Gasteiger partial charge is 3.00 e. The molecule has 5 heavy (non-hydrogen) atoms. The molecule has 32 valence electrons. The third kappa shape index (κ3) is 8.24. The summed E-state index contributed by atoms with van der Waals surface area (Å²) in [5, 5.41) is 0. The van der Waals surface area contributed by atoms with Crippen LogP contribution in [0.1, 0.15) is 0 Å². The molecular formula is CH4N3O-3. The Bertz CT molecular complexity index is 29.9. The van der Waals surface area contributed by atoms with Crippen LogP contribution in [0.5, 0.6) is 0 Å². The highest BCUT2D eigenvalue weighted by atomic mass is 16.2. The first kappa shape index (κ1) is 8.87. The van der Waals surface area contributed by atoms with Crippen LogP contribution in [-0.2, 0) is 0 Å². The van der Waals surface area contributed by atoms with E-state index in [4.69, 9.17) is 4.79 Å². The number of nitrogens with zero attached hydrogens (tertiary/aromatic N) is 1. The zero-order valence-corrected chi connectivity index (χ0v) is 2.51. The maximum Gasteiger partial charge on any atom is 0.309 e. The van der Waals surface area contributed by atoms with Crippen LogP contribution in [0.4, 0.5) is 4.79 Å². The fraction of sp³-hybridized carbons (Fsp3) is 0. The van der Waals surface area contributed by atoms with Crippen molar-refractivity contribution in [1.82, 2.24) is 0 Å². The molecule has 0 rings (SSSR count). The van der Waals surface area contributed by atoms with E-state index in [0.717, 1.165) is 0 Å². The lowest BCUT2D eigenvalue weighted by molar-refractivity contribution is 0.256. The summed E-state index contributed by atoms with van der Waals surface area (Å²) in [6.45, 7) is 0. The van der Waals surface area contributed by atoms with E-state index in [1.165, 1.54) is 0 Å². The van der Waals surface area contributed by atoms with E-state index >= 15 is 0 Å². The van der Waals surface area contributed by atoms with Crippen LogP contribution >= 0.6 is 0 Å². The molecule has 0 atom stereocenters. The van der Waals surface area contributed by atoms with Crippen molar-refractivity contribution in [1.29, 1.82) is 0 Å². The molecule has 0 aliphatic carbocycles. The number of amides is 2. The standard InChI is InChI=1S/CH4N2O.N/c2-1(3)4;/h(H4,2,3,4);/q;-3. The SMILES string of the molecule is NC(N)=O.[N-3]. The second kappa shape index (κ2) is 3.23. The smallest absolute Gasteiger partial charge is 0.309 e. The van der Waals surface area contributed by atoms with Crippen LogP contribution in [-0.4, -0.2) is 6.03 Å². The van der Waals surface area contributed by atoms with Crippen LogP contribution in [0.2, 0.25) is 0 Å². The molecule has 0 aromatic heterocycles. The van der Waals surface area contributed by atoms with Gasteiger partial charge in [-0.05, 0) is 0 Å². The van der Waals surface area contributed by atoms with Crippen LogP contribution in [0, 0.1) is 0 Å². The summed E-state index contributed by atoms with van der Waals surface area (Å²) in [7, 11) is 0. The van der Waals surface area contributed by atoms with Crippen molar-refractivity contribution in [3.05, 3.63) is 6.15 Å². The fourth-order valence-electron chi connectivity index (χ4n) is 0. The van der Waals surface area contributed by atoms with Crippen LogP contribution in [0.3, 0.4) is 0 Å². The molecule has 0 spiro atoms. The van der Waals surface area contributed by atoms with Crippen LogP contribution < -0.4 is 11.5 Å². The number of carbonyl (C=O) groups excluding carboxylic acids is 1. The minimum absolute atomic E-state index is 0. The first-order valence-corrected chi connectivity index (χ1v) is 0.781. The molecule has 0 unspecified atom stereocenters. The molecular weight excluding hydrogens is 70.0 g/mol. The average Bonchev–Trinajstić information content (AvgIpc) is 0.811. The van der Waals surface area contributed by atoms with Crippen molar-refractivity contribution >= 4 is 6.03 Å². The van der Waals surface area contributed by atoms with Crippen molar-refractivity contribution in [2.75, 3.05) is 0 Å². The van der Waals surface area contributed by atoms with Gasteiger partial charge in [0.25, 0.3) is 0 Å². The van der Waals surface area contributed by atoms with Gasteiger partial charge in [0, 0.05) is 0 Å². The Balaban J connectivity index is 0. The number of rotatable bonds is 0. The molecule has 0 aromatic rings. The van der Waals surface area contributed by atoms with Crippen molar-refractivity contribution in [3.63, 3.8) is 0 Å². The molecule has 0 saturated carbocycles. The minimum Gasteiger partial charge on any atom is -3.00 e. The molecule has 2 amide bonds. The fourth-order valence-corrected chi connectivity index (χ4v) is 0. The first-order valence-electron chi connectivity index (χ1n) is 0.781. The molecule has 0 fully saturated rings. The third-order valence-corrected chi connectivity index (χ3v) is 0. The third-order valence-electron chi connectivity index (χ3n) is 0. The van der Waals surface area contributed by atoms with Crippen LogP contribution in [0.25, 0.3) is 6.15 Å². The summed E-state index contributed by atoms with van der Waals surface area (Å²) in [5.74, 6) is 0. The zero-order valence-electron chi connectivity index (χ0n) is 2.51. The van der Waals surface area contributed by atoms with Gasteiger partial charge in [0.1, 0.15) is 0 Å². The molecule has 4 heteroatoms. The summed E-state index contributed by atoms with van der Waals surface area (Å²) in [4.78, 5) is 9.00. The Hall–Kier alpha value is -0.770. The van der Waals surface area contributed by atoms with E-state index in [1.54, 1.807) is 0 Å². The van der Waals surface area contributed by atoms with Crippen molar-refractivity contribution in [2.24, 2.45) is 11.5 Å². The highest BCUT2D eigenvalue weighted by molar-refractivity contribution is 5.69. The molecule has 4 N–H and O–H groups in total.